The molecular formula is C27H20BrN3O4. The maximum absolute atomic E-state index is 13.2. The second-order valence-electron chi connectivity index (χ2n) is 8.63. The molecule has 8 heteroatoms. The van der Waals surface area contributed by atoms with Gasteiger partial charge in [-0.2, -0.15) is 0 Å². The van der Waals surface area contributed by atoms with Crippen molar-refractivity contribution in [3.05, 3.63) is 93.3 Å². The molecule has 0 bridgehead atoms. The van der Waals surface area contributed by atoms with Gasteiger partial charge in [0.1, 0.15) is 16.9 Å². The molecule has 3 aromatic carbocycles. The maximum atomic E-state index is 13.2. The summed E-state index contributed by atoms with van der Waals surface area (Å²) >= 11 is 3.44. The topological polar surface area (TPSA) is 88.6 Å². The summed E-state index contributed by atoms with van der Waals surface area (Å²) in [5.41, 5.74) is 4.54. The van der Waals surface area contributed by atoms with Gasteiger partial charge in [0, 0.05) is 45.0 Å². The zero-order chi connectivity index (χ0) is 24.1. The summed E-state index contributed by atoms with van der Waals surface area (Å²) in [5.74, 6) is 0.185. The summed E-state index contributed by atoms with van der Waals surface area (Å²) in [5, 5.41) is 8.86. The van der Waals surface area contributed by atoms with Crippen molar-refractivity contribution in [1.29, 1.82) is 0 Å². The molecule has 0 aliphatic carbocycles. The van der Waals surface area contributed by atoms with E-state index < -0.39 is 0 Å². The van der Waals surface area contributed by atoms with Gasteiger partial charge in [-0.1, -0.05) is 39.3 Å². The number of hydrogen-bond donors (Lipinski definition) is 1. The Hall–Kier alpha value is -3.91. The van der Waals surface area contributed by atoms with Gasteiger partial charge in [-0.15, -0.1) is 0 Å². The van der Waals surface area contributed by atoms with Crippen LogP contribution >= 0.6 is 15.9 Å². The van der Waals surface area contributed by atoms with Crippen LogP contribution in [-0.2, 0) is 13.0 Å². The number of rotatable bonds is 3. The Labute approximate surface area is 208 Å². The lowest BCUT2D eigenvalue weighted by atomic mass is 10.0. The van der Waals surface area contributed by atoms with Gasteiger partial charge in [0.15, 0.2) is 5.69 Å². The van der Waals surface area contributed by atoms with Crippen molar-refractivity contribution >= 4 is 55.4 Å². The van der Waals surface area contributed by atoms with E-state index >= 15 is 0 Å². The number of fused-ring (bicyclic) bond motifs is 4. The van der Waals surface area contributed by atoms with Crippen LogP contribution < -0.4 is 5.32 Å². The minimum atomic E-state index is -0.378. The van der Waals surface area contributed by atoms with Gasteiger partial charge >= 0.3 is 0 Å². The fraction of sp³-hybridized carbons (Fsp3) is 0.148. The Kier molecular flexibility index (Phi) is 5.18. The highest BCUT2D eigenvalue weighted by Gasteiger charge is 2.30. The fourth-order valence-corrected chi connectivity index (χ4v) is 5.07. The van der Waals surface area contributed by atoms with Crippen LogP contribution in [0.3, 0.4) is 0 Å². The monoisotopic (exact) mass is 529 g/mol. The van der Waals surface area contributed by atoms with Crippen LogP contribution in [0, 0.1) is 6.92 Å². The molecule has 174 valence electrons. The summed E-state index contributed by atoms with van der Waals surface area (Å²) in [7, 11) is 0. The van der Waals surface area contributed by atoms with E-state index in [0.29, 0.717) is 35.5 Å². The summed E-state index contributed by atoms with van der Waals surface area (Å²) < 4.78 is 12.3. The summed E-state index contributed by atoms with van der Waals surface area (Å²) in [6, 6.07) is 18.9. The van der Waals surface area contributed by atoms with Gasteiger partial charge in [0.05, 0.1) is 6.54 Å². The highest BCUT2D eigenvalue weighted by molar-refractivity contribution is 9.10. The highest BCUT2D eigenvalue weighted by atomic mass is 79.9. The average molecular weight is 530 g/mol. The van der Waals surface area contributed by atoms with Crippen molar-refractivity contribution in [3.63, 3.8) is 0 Å². The zero-order valence-corrected chi connectivity index (χ0v) is 20.4. The number of para-hydroxylation sites is 1. The molecule has 3 heterocycles. The Balaban J connectivity index is 1.25. The van der Waals surface area contributed by atoms with Gasteiger partial charge in [0.25, 0.3) is 11.8 Å². The minimum absolute atomic E-state index is 0.0782. The predicted molar refractivity (Wildman–Crippen MR) is 135 cm³/mol. The third-order valence-corrected chi connectivity index (χ3v) is 6.88. The van der Waals surface area contributed by atoms with Crippen molar-refractivity contribution in [1.82, 2.24) is 10.1 Å². The van der Waals surface area contributed by atoms with Crippen molar-refractivity contribution in [2.45, 2.75) is 19.9 Å². The minimum Gasteiger partial charge on any atom is -0.456 e. The van der Waals surface area contributed by atoms with E-state index in [2.05, 4.69) is 26.4 Å². The molecule has 0 saturated heterocycles. The molecule has 35 heavy (non-hydrogen) atoms. The Bertz CT molecular complexity index is 1630. The number of aromatic nitrogens is 1. The van der Waals surface area contributed by atoms with E-state index in [4.69, 9.17) is 8.94 Å². The number of benzene rings is 3. The van der Waals surface area contributed by atoms with E-state index in [-0.39, 0.29) is 24.1 Å². The molecule has 0 fully saturated rings. The number of carbonyl (C=O) groups excluding carboxylic acids is 2. The molecule has 0 saturated carbocycles. The van der Waals surface area contributed by atoms with Crippen LogP contribution in [0.4, 0.5) is 5.69 Å². The van der Waals surface area contributed by atoms with Gasteiger partial charge < -0.3 is 19.2 Å². The van der Waals surface area contributed by atoms with Gasteiger partial charge in [-0.05, 0) is 55.0 Å². The van der Waals surface area contributed by atoms with Crippen LogP contribution in [0.2, 0.25) is 0 Å². The molecule has 1 N–H and O–H groups in total. The first-order valence-corrected chi connectivity index (χ1v) is 12.0. The summed E-state index contributed by atoms with van der Waals surface area (Å²) in [6.07, 6.45) is 0.504. The molecule has 2 amide bonds. The number of nitrogens with zero attached hydrogens (tertiary/aromatic N) is 2. The average Bonchev–Trinajstić information content (AvgIpc) is 3.44. The number of anilines is 1. The zero-order valence-electron chi connectivity index (χ0n) is 18.8. The van der Waals surface area contributed by atoms with Crippen molar-refractivity contribution < 1.29 is 18.5 Å². The number of furan rings is 1. The SMILES string of the molecule is Cc1cc(Br)ccc1C(=O)N1CCc2onc(C(=O)Nc3ccc4oc5ccccc5c4c3)c2C1. The summed E-state index contributed by atoms with van der Waals surface area (Å²) in [4.78, 5) is 28.1. The maximum Gasteiger partial charge on any atom is 0.278 e. The van der Waals surface area contributed by atoms with E-state index in [1.165, 1.54) is 0 Å². The number of halogens is 1. The molecule has 0 unspecified atom stereocenters. The van der Waals surface area contributed by atoms with Crippen LogP contribution in [0.1, 0.15) is 37.7 Å². The number of nitrogens with one attached hydrogen (secondary N) is 1. The molecule has 1 aliphatic rings. The van der Waals surface area contributed by atoms with Crippen LogP contribution in [0.5, 0.6) is 0 Å². The van der Waals surface area contributed by atoms with Crippen molar-refractivity contribution in [3.8, 4) is 0 Å². The third kappa shape index (κ3) is 3.80. The number of carbonyl (C=O) groups is 2. The molecule has 0 radical (unpaired) electrons. The fourth-order valence-electron chi connectivity index (χ4n) is 4.59. The van der Waals surface area contributed by atoms with E-state index in [1.54, 1.807) is 11.0 Å². The first-order chi connectivity index (χ1) is 17.0. The molecule has 1 aliphatic heterocycles. The molecule has 0 atom stereocenters. The third-order valence-electron chi connectivity index (χ3n) is 6.38. The van der Waals surface area contributed by atoms with Crippen molar-refractivity contribution in [2.75, 3.05) is 11.9 Å². The van der Waals surface area contributed by atoms with Gasteiger partial charge in [-0.3, -0.25) is 9.59 Å². The van der Waals surface area contributed by atoms with E-state index in [0.717, 1.165) is 32.0 Å². The van der Waals surface area contributed by atoms with Crippen molar-refractivity contribution in [2.24, 2.45) is 0 Å². The molecular weight excluding hydrogens is 510 g/mol. The largest absolute Gasteiger partial charge is 0.456 e. The van der Waals surface area contributed by atoms with E-state index in [1.807, 2.05) is 61.5 Å². The quantitative estimate of drug-likeness (QED) is 0.305. The number of aryl methyl sites for hydroxylation is 1. The Morgan fingerprint density at radius 2 is 1.86 bits per heavy atom. The molecule has 0 spiro atoms. The normalized spacial score (nSPS) is 13.3. The lowest BCUT2D eigenvalue weighted by molar-refractivity contribution is 0.0726. The van der Waals surface area contributed by atoms with Gasteiger partial charge in [-0.25, -0.2) is 0 Å². The van der Waals surface area contributed by atoms with Crippen LogP contribution in [0.25, 0.3) is 21.9 Å². The van der Waals surface area contributed by atoms with E-state index in [9.17, 15) is 9.59 Å². The molecule has 5 aromatic rings. The van der Waals surface area contributed by atoms with Crippen LogP contribution in [0.15, 0.2) is 74.1 Å². The first kappa shape index (κ1) is 21.6. The predicted octanol–water partition coefficient (Wildman–Crippen LogP) is 6.10. The second kappa shape index (κ2) is 8.39. The highest BCUT2D eigenvalue weighted by Crippen LogP contribution is 2.31. The number of amides is 2. The number of hydrogen-bond acceptors (Lipinski definition) is 5. The molecule has 2 aromatic heterocycles. The molecule has 7 nitrogen and oxygen atoms in total. The summed E-state index contributed by atoms with van der Waals surface area (Å²) in [6.45, 7) is 2.68. The molecule has 6 rings (SSSR count). The lowest BCUT2D eigenvalue weighted by Gasteiger charge is -2.26. The Morgan fingerprint density at radius 3 is 2.71 bits per heavy atom. The second-order valence-corrected chi connectivity index (χ2v) is 9.55. The lowest BCUT2D eigenvalue weighted by Crippen LogP contribution is -2.36. The smallest absolute Gasteiger partial charge is 0.278 e. The standard InChI is InChI=1S/C27H20BrN3O4/c1-15-12-16(28)6-8-18(15)27(33)31-11-10-24-21(14-31)25(30-35-24)26(32)29-17-7-9-23-20(13-17)19-4-2-3-5-22(19)34-23/h2-9,12-13H,10-11,14H2,1H3,(H,29,32). The van der Waals surface area contributed by atoms with Gasteiger partial charge in [0.2, 0.25) is 0 Å². The van der Waals surface area contributed by atoms with Crippen LogP contribution in [-0.4, -0.2) is 28.4 Å². The first-order valence-electron chi connectivity index (χ1n) is 11.2. The Morgan fingerprint density at radius 1 is 1.03 bits per heavy atom.